The minimum absolute atomic E-state index is 0.0185. The fourth-order valence-corrected chi connectivity index (χ4v) is 1.57. The van der Waals surface area contributed by atoms with E-state index in [0.29, 0.717) is 0 Å². The number of hydrogen-bond donors (Lipinski definition) is 1. The van der Waals surface area contributed by atoms with Crippen LogP contribution in [0.1, 0.15) is 15.9 Å². The molecule has 5 heteroatoms. The van der Waals surface area contributed by atoms with Crippen molar-refractivity contribution < 1.29 is 13.6 Å². The zero-order chi connectivity index (χ0) is 12.4. The maximum atomic E-state index is 13.5. The molecule has 1 aromatic carbocycles. The van der Waals surface area contributed by atoms with Gasteiger partial charge in [0.2, 0.25) is 5.22 Å². The molecule has 17 heavy (non-hydrogen) atoms. The normalized spacial score (nSPS) is 10.3. The zero-order valence-corrected chi connectivity index (χ0v) is 9.72. The molecular formula is C12H9ClFNO2. The van der Waals surface area contributed by atoms with Crippen LogP contribution >= 0.6 is 11.6 Å². The van der Waals surface area contributed by atoms with Gasteiger partial charge in [0.15, 0.2) is 0 Å². The quantitative estimate of drug-likeness (QED) is 0.888. The maximum Gasteiger partial charge on any atom is 0.260 e. The van der Waals surface area contributed by atoms with Crippen LogP contribution in [0.15, 0.2) is 34.9 Å². The van der Waals surface area contributed by atoms with Gasteiger partial charge < -0.3 is 9.73 Å². The number of halogens is 2. The van der Waals surface area contributed by atoms with Crippen molar-refractivity contribution in [3.8, 4) is 0 Å². The van der Waals surface area contributed by atoms with Crippen LogP contribution in [-0.4, -0.2) is 5.91 Å². The van der Waals surface area contributed by atoms with E-state index in [-0.39, 0.29) is 16.5 Å². The molecule has 0 aliphatic heterocycles. The molecule has 0 aliphatic rings. The van der Waals surface area contributed by atoms with Crippen LogP contribution in [0.5, 0.6) is 0 Å². The van der Waals surface area contributed by atoms with Crippen molar-refractivity contribution in [1.82, 2.24) is 0 Å². The third-order valence-corrected chi connectivity index (χ3v) is 2.53. The first-order valence-corrected chi connectivity index (χ1v) is 5.26. The molecule has 2 rings (SSSR count). The number of amides is 1. The number of furan rings is 1. The SMILES string of the molecule is Cc1ccc(NC(=O)c2ccoc2Cl)c(F)c1. The molecule has 2 aromatic rings. The van der Waals surface area contributed by atoms with Crippen molar-refractivity contribution in [3.05, 3.63) is 52.7 Å². The van der Waals surface area contributed by atoms with Gasteiger partial charge in [-0.3, -0.25) is 4.79 Å². The average Bonchev–Trinajstić information content (AvgIpc) is 2.68. The van der Waals surface area contributed by atoms with Crippen LogP contribution in [-0.2, 0) is 0 Å². The van der Waals surface area contributed by atoms with Gasteiger partial charge >= 0.3 is 0 Å². The number of rotatable bonds is 2. The zero-order valence-electron chi connectivity index (χ0n) is 8.96. The van der Waals surface area contributed by atoms with E-state index in [0.717, 1.165) is 5.56 Å². The highest BCUT2D eigenvalue weighted by molar-refractivity contribution is 6.32. The van der Waals surface area contributed by atoms with E-state index >= 15 is 0 Å². The number of aryl methyl sites for hydroxylation is 1. The van der Waals surface area contributed by atoms with Gasteiger partial charge in [0.05, 0.1) is 17.5 Å². The summed E-state index contributed by atoms with van der Waals surface area (Å²) in [5.41, 5.74) is 1.06. The predicted molar refractivity (Wildman–Crippen MR) is 62.8 cm³/mol. The van der Waals surface area contributed by atoms with Crippen molar-refractivity contribution in [3.63, 3.8) is 0 Å². The molecule has 1 heterocycles. The second kappa shape index (κ2) is 4.59. The molecule has 0 unspecified atom stereocenters. The van der Waals surface area contributed by atoms with Crippen molar-refractivity contribution in [2.24, 2.45) is 0 Å². The fourth-order valence-electron chi connectivity index (χ4n) is 1.37. The Labute approximate surface area is 102 Å². The second-order valence-electron chi connectivity index (χ2n) is 3.55. The number of benzene rings is 1. The summed E-state index contributed by atoms with van der Waals surface area (Å²) in [6.45, 7) is 1.77. The summed E-state index contributed by atoms with van der Waals surface area (Å²) in [4.78, 5) is 11.7. The Balaban J connectivity index is 2.22. The van der Waals surface area contributed by atoms with Gasteiger partial charge in [0.25, 0.3) is 5.91 Å². The average molecular weight is 254 g/mol. The molecule has 0 saturated heterocycles. The van der Waals surface area contributed by atoms with E-state index < -0.39 is 11.7 Å². The van der Waals surface area contributed by atoms with Crippen LogP contribution in [0.3, 0.4) is 0 Å². The van der Waals surface area contributed by atoms with Crippen molar-refractivity contribution in [2.75, 3.05) is 5.32 Å². The third kappa shape index (κ3) is 2.47. The molecule has 0 bridgehead atoms. The molecule has 0 atom stereocenters. The number of carbonyl (C=O) groups excluding carboxylic acids is 1. The van der Waals surface area contributed by atoms with E-state index in [4.69, 9.17) is 16.0 Å². The van der Waals surface area contributed by atoms with E-state index in [1.54, 1.807) is 13.0 Å². The lowest BCUT2D eigenvalue weighted by molar-refractivity contribution is 0.102. The van der Waals surface area contributed by atoms with Crippen molar-refractivity contribution >= 4 is 23.2 Å². The van der Waals surface area contributed by atoms with Crippen LogP contribution in [0.2, 0.25) is 5.22 Å². The lowest BCUT2D eigenvalue weighted by atomic mass is 10.2. The first-order chi connectivity index (χ1) is 8.08. The molecule has 0 saturated carbocycles. The van der Waals surface area contributed by atoms with Crippen LogP contribution in [0, 0.1) is 12.7 Å². The standard InChI is InChI=1S/C12H9ClFNO2/c1-7-2-3-10(9(14)6-7)15-12(16)8-4-5-17-11(8)13/h2-6H,1H3,(H,15,16). The lowest BCUT2D eigenvalue weighted by Gasteiger charge is -2.05. The van der Waals surface area contributed by atoms with Gasteiger partial charge in [-0.1, -0.05) is 6.07 Å². The molecule has 0 aliphatic carbocycles. The molecule has 88 valence electrons. The number of hydrogen-bond acceptors (Lipinski definition) is 2. The molecule has 3 nitrogen and oxygen atoms in total. The number of carbonyl (C=O) groups is 1. The van der Waals surface area contributed by atoms with Crippen LogP contribution in [0.4, 0.5) is 10.1 Å². The summed E-state index contributed by atoms with van der Waals surface area (Å²) < 4.78 is 18.3. The summed E-state index contributed by atoms with van der Waals surface area (Å²) in [7, 11) is 0. The Morgan fingerprint density at radius 1 is 1.41 bits per heavy atom. The fraction of sp³-hybridized carbons (Fsp3) is 0.0833. The van der Waals surface area contributed by atoms with Gasteiger partial charge in [-0.25, -0.2) is 4.39 Å². The number of anilines is 1. The van der Waals surface area contributed by atoms with Crippen molar-refractivity contribution in [2.45, 2.75) is 6.92 Å². The topological polar surface area (TPSA) is 42.2 Å². The Kier molecular flexibility index (Phi) is 3.15. The van der Waals surface area contributed by atoms with E-state index in [2.05, 4.69) is 5.32 Å². The molecule has 0 radical (unpaired) electrons. The summed E-state index contributed by atoms with van der Waals surface area (Å²) in [5, 5.41) is 2.40. The molecular weight excluding hydrogens is 245 g/mol. The third-order valence-electron chi connectivity index (χ3n) is 2.24. The van der Waals surface area contributed by atoms with E-state index in [1.807, 2.05) is 0 Å². The highest BCUT2D eigenvalue weighted by atomic mass is 35.5. The molecule has 1 aromatic heterocycles. The monoisotopic (exact) mass is 253 g/mol. The molecule has 1 amide bonds. The maximum absolute atomic E-state index is 13.5. The Hall–Kier alpha value is -1.81. The first kappa shape index (κ1) is 11.7. The van der Waals surface area contributed by atoms with Gasteiger partial charge in [-0.15, -0.1) is 0 Å². The summed E-state index contributed by atoms with van der Waals surface area (Å²) >= 11 is 5.64. The summed E-state index contributed by atoms with van der Waals surface area (Å²) in [6, 6.07) is 5.96. The summed E-state index contributed by atoms with van der Waals surface area (Å²) in [5.74, 6) is -0.996. The molecule has 1 N–H and O–H groups in total. The minimum Gasteiger partial charge on any atom is -0.452 e. The van der Waals surface area contributed by atoms with Crippen molar-refractivity contribution in [1.29, 1.82) is 0 Å². The highest BCUT2D eigenvalue weighted by Gasteiger charge is 2.14. The Bertz CT molecular complexity index is 565. The largest absolute Gasteiger partial charge is 0.452 e. The van der Waals surface area contributed by atoms with E-state index in [9.17, 15) is 9.18 Å². The van der Waals surface area contributed by atoms with Gasteiger partial charge in [-0.2, -0.15) is 0 Å². The highest BCUT2D eigenvalue weighted by Crippen LogP contribution is 2.20. The van der Waals surface area contributed by atoms with Crippen LogP contribution < -0.4 is 5.32 Å². The van der Waals surface area contributed by atoms with Gasteiger partial charge in [0, 0.05) is 0 Å². The minimum atomic E-state index is -0.508. The van der Waals surface area contributed by atoms with Gasteiger partial charge in [0.1, 0.15) is 5.82 Å². The molecule has 0 spiro atoms. The molecule has 0 fully saturated rings. The smallest absolute Gasteiger partial charge is 0.260 e. The predicted octanol–water partition coefficient (Wildman–Crippen LogP) is 3.63. The summed E-state index contributed by atoms with van der Waals surface area (Å²) in [6.07, 6.45) is 1.29. The van der Waals surface area contributed by atoms with E-state index in [1.165, 1.54) is 24.5 Å². The Morgan fingerprint density at radius 3 is 2.76 bits per heavy atom. The lowest BCUT2D eigenvalue weighted by Crippen LogP contribution is -2.12. The van der Waals surface area contributed by atoms with Gasteiger partial charge in [-0.05, 0) is 42.3 Å². The first-order valence-electron chi connectivity index (χ1n) is 4.88. The van der Waals surface area contributed by atoms with Crippen LogP contribution in [0.25, 0.3) is 0 Å². The number of nitrogens with one attached hydrogen (secondary N) is 1. The Morgan fingerprint density at radius 2 is 2.18 bits per heavy atom. The second-order valence-corrected chi connectivity index (χ2v) is 3.89.